The minimum atomic E-state index is 0.429. The van der Waals surface area contributed by atoms with Crippen molar-refractivity contribution >= 4 is 17.7 Å². The lowest BCUT2D eigenvalue weighted by Crippen LogP contribution is -1.99. The smallest absolute Gasteiger partial charge is 0.230 e. The van der Waals surface area contributed by atoms with Crippen LogP contribution < -0.4 is 10.1 Å². The third kappa shape index (κ3) is 4.50. The maximum absolute atomic E-state index is 8.87. The first-order valence-corrected chi connectivity index (χ1v) is 8.61. The first kappa shape index (κ1) is 18.2. The van der Waals surface area contributed by atoms with Gasteiger partial charge in [-0.25, -0.2) is 4.98 Å². The highest BCUT2D eigenvalue weighted by atomic mass is 16.5. The summed E-state index contributed by atoms with van der Waals surface area (Å²) < 4.78 is 6.03. The van der Waals surface area contributed by atoms with Crippen LogP contribution in [0.4, 0.5) is 11.6 Å². The summed E-state index contributed by atoms with van der Waals surface area (Å²) in [6, 6.07) is 15.1. The fourth-order valence-corrected chi connectivity index (χ4v) is 2.75. The molecule has 5 heteroatoms. The van der Waals surface area contributed by atoms with Gasteiger partial charge in [-0.3, -0.25) is 0 Å². The number of allylic oxidation sites excluding steroid dienone is 1. The average molecular weight is 356 g/mol. The molecule has 0 aliphatic heterocycles. The monoisotopic (exact) mass is 356 g/mol. The molecule has 0 bridgehead atoms. The largest absolute Gasteiger partial charge is 0.438 e. The molecule has 0 fully saturated rings. The molecule has 0 radical (unpaired) electrons. The molecule has 1 aromatic heterocycles. The molecule has 3 rings (SSSR count). The zero-order valence-electron chi connectivity index (χ0n) is 15.5. The van der Waals surface area contributed by atoms with Gasteiger partial charge in [-0.15, -0.1) is 0 Å². The van der Waals surface area contributed by atoms with E-state index in [0.717, 1.165) is 28.1 Å². The molecule has 0 atom stereocenters. The van der Waals surface area contributed by atoms with Crippen LogP contribution in [0, 0.1) is 25.2 Å². The fraction of sp³-hybridized carbons (Fsp3) is 0.136. The fourth-order valence-electron chi connectivity index (χ4n) is 2.75. The maximum atomic E-state index is 8.87. The molecular weight excluding hydrogens is 336 g/mol. The van der Waals surface area contributed by atoms with Gasteiger partial charge in [0.05, 0.1) is 11.6 Å². The van der Waals surface area contributed by atoms with E-state index < -0.39 is 0 Å². The molecule has 3 aromatic rings. The van der Waals surface area contributed by atoms with E-state index in [9.17, 15) is 0 Å². The van der Waals surface area contributed by atoms with Crippen molar-refractivity contribution in [2.45, 2.75) is 20.8 Å². The molecule has 0 spiro atoms. The number of nitriles is 1. The van der Waals surface area contributed by atoms with Crippen LogP contribution in [-0.2, 0) is 0 Å². The second kappa shape index (κ2) is 8.15. The number of hydrogen-bond acceptors (Lipinski definition) is 5. The van der Waals surface area contributed by atoms with Crippen molar-refractivity contribution < 1.29 is 4.74 Å². The van der Waals surface area contributed by atoms with E-state index in [1.54, 1.807) is 24.4 Å². The SMILES string of the molecule is C/C=C\c1cc(C)c(Oc2ccnc(Nc3ccc(C#N)cc3)n2)c(C)c1. The number of nitrogens with zero attached hydrogens (tertiary/aromatic N) is 3. The zero-order valence-corrected chi connectivity index (χ0v) is 15.5. The third-order valence-corrected chi connectivity index (χ3v) is 3.95. The minimum Gasteiger partial charge on any atom is -0.438 e. The summed E-state index contributed by atoms with van der Waals surface area (Å²) >= 11 is 0. The van der Waals surface area contributed by atoms with Gasteiger partial charge >= 0.3 is 0 Å². The third-order valence-electron chi connectivity index (χ3n) is 3.95. The second-order valence-electron chi connectivity index (χ2n) is 6.12. The summed E-state index contributed by atoms with van der Waals surface area (Å²) in [4.78, 5) is 8.65. The molecule has 27 heavy (non-hydrogen) atoms. The number of rotatable bonds is 5. The molecule has 0 saturated heterocycles. The van der Waals surface area contributed by atoms with Gasteiger partial charge in [0.1, 0.15) is 5.75 Å². The summed E-state index contributed by atoms with van der Waals surface area (Å²) in [5.74, 6) is 1.69. The molecule has 1 N–H and O–H groups in total. The number of benzene rings is 2. The van der Waals surface area contributed by atoms with Gasteiger partial charge in [0, 0.05) is 18.0 Å². The van der Waals surface area contributed by atoms with Crippen molar-refractivity contribution in [1.82, 2.24) is 9.97 Å². The number of hydrogen-bond donors (Lipinski definition) is 1. The Balaban J connectivity index is 1.81. The Hall–Kier alpha value is -3.65. The molecule has 0 saturated carbocycles. The van der Waals surface area contributed by atoms with Crippen LogP contribution in [-0.4, -0.2) is 9.97 Å². The Morgan fingerprint density at radius 1 is 1.07 bits per heavy atom. The lowest BCUT2D eigenvalue weighted by molar-refractivity contribution is 0.455. The summed E-state index contributed by atoms with van der Waals surface area (Å²) in [6.07, 6.45) is 5.72. The van der Waals surface area contributed by atoms with Crippen molar-refractivity contribution in [3.8, 4) is 17.7 Å². The van der Waals surface area contributed by atoms with Crippen LogP contribution in [0.25, 0.3) is 6.08 Å². The van der Waals surface area contributed by atoms with Crippen LogP contribution in [0.3, 0.4) is 0 Å². The highest BCUT2D eigenvalue weighted by Gasteiger charge is 2.09. The van der Waals surface area contributed by atoms with Gasteiger partial charge in [0.25, 0.3) is 0 Å². The molecule has 0 unspecified atom stereocenters. The van der Waals surface area contributed by atoms with Crippen LogP contribution >= 0.6 is 0 Å². The average Bonchev–Trinajstić information content (AvgIpc) is 2.66. The molecule has 2 aromatic carbocycles. The number of anilines is 2. The van der Waals surface area contributed by atoms with Gasteiger partial charge in [-0.05, 0) is 73.9 Å². The number of aromatic nitrogens is 2. The van der Waals surface area contributed by atoms with Gasteiger partial charge in [-0.1, -0.05) is 12.2 Å². The zero-order chi connectivity index (χ0) is 19.2. The van der Waals surface area contributed by atoms with Crippen molar-refractivity contribution in [3.63, 3.8) is 0 Å². The van der Waals surface area contributed by atoms with E-state index in [4.69, 9.17) is 10.00 Å². The predicted octanol–water partition coefficient (Wildman–Crippen LogP) is 5.53. The van der Waals surface area contributed by atoms with Gasteiger partial charge < -0.3 is 10.1 Å². The van der Waals surface area contributed by atoms with Gasteiger partial charge in [0.2, 0.25) is 11.8 Å². The van der Waals surface area contributed by atoms with Crippen LogP contribution in [0.2, 0.25) is 0 Å². The summed E-state index contributed by atoms with van der Waals surface area (Å²) in [5.41, 5.74) is 4.64. The van der Waals surface area contributed by atoms with E-state index in [1.165, 1.54) is 0 Å². The van der Waals surface area contributed by atoms with Crippen molar-refractivity contribution in [3.05, 3.63) is 77.0 Å². The quantitative estimate of drug-likeness (QED) is 0.650. The van der Waals surface area contributed by atoms with Crippen molar-refractivity contribution in [2.75, 3.05) is 5.32 Å². The molecule has 5 nitrogen and oxygen atoms in total. The van der Waals surface area contributed by atoms with Crippen molar-refractivity contribution in [1.29, 1.82) is 5.26 Å². The van der Waals surface area contributed by atoms with E-state index in [0.29, 0.717) is 17.4 Å². The Morgan fingerprint density at radius 3 is 2.41 bits per heavy atom. The molecule has 1 heterocycles. The van der Waals surface area contributed by atoms with Crippen LogP contribution in [0.15, 0.2) is 54.7 Å². The molecule has 0 aliphatic carbocycles. The summed E-state index contributed by atoms with van der Waals surface area (Å²) in [6.45, 7) is 6.04. The molecule has 0 amide bonds. The van der Waals surface area contributed by atoms with Crippen molar-refractivity contribution in [2.24, 2.45) is 0 Å². The van der Waals surface area contributed by atoms with Crippen LogP contribution in [0.1, 0.15) is 29.2 Å². The summed E-state index contributed by atoms with van der Waals surface area (Å²) in [7, 11) is 0. The Bertz CT molecular complexity index is 994. The van der Waals surface area contributed by atoms with Gasteiger partial charge in [-0.2, -0.15) is 10.2 Å². The second-order valence-corrected chi connectivity index (χ2v) is 6.12. The van der Waals surface area contributed by atoms with E-state index in [2.05, 4.69) is 39.6 Å². The topological polar surface area (TPSA) is 70.8 Å². The number of nitrogens with one attached hydrogen (secondary N) is 1. The van der Waals surface area contributed by atoms with E-state index >= 15 is 0 Å². The van der Waals surface area contributed by atoms with Crippen LogP contribution in [0.5, 0.6) is 11.6 Å². The molecular formula is C22H20N4O. The van der Waals surface area contributed by atoms with E-state index in [-0.39, 0.29) is 0 Å². The minimum absolute atomic E-state index is 0.429. The molecule has 134 valence electrons. The summed E-state index contributed by atoms with van der Waals surface area (Å²) in [5, 5.41) is 12.0. The standard InChI is InChI=1S/C22H20N4O/c1-4-5-18-12-15(2)21(16(3)13-18)27-20-10-11-24-22(26-20)25-19-8-6-17(14-23)7-9-19/h4-13H,1-3H3,(H,24,25,26)/b5-4-. The lowest BCUT2D eigenvalue weighted by Gasteiger charge is -2.13. The number of aryl methyl sites for hydroxylation is 2. The molecule has 0 aliphatic rings. The highest BCUT2D eigenvalue weighted by molar-refractivity contribution is 5.57. The predicted molar refractivity (Wildman–Crippen MR) is 107 cm³/mol. The van der Waals surface area contributed by atoms with Gasteiger partial charge in [0.15, 0.2) is 0 Å². The first-order chi connectivity index (χ1) is 13.1. The van der Waals surface area contributed by atoms with E-state index in [1.807, 2.05) is 39.0 Å². The lowest BCUT2D eigenvalue weighted by atomic mass is 10.1. The Labute approximate surface area is 159 Å². The number of ether oxygens (including phenoxy) is 1. The highest BCUT2D eigenvalue weighted by Crippen LogP contribution is 2.30. The normalized spacial score (nSPS) is 10.6. The maximum Gasteiger partial charge on any atom is 0.230 e. The Kier molecular flexibility index (Phi) is 5.48. The Morgan fingerprint density at radius 2 is 1.78 bits per heavy atom. The first-order valence-electron chi connectivity index (χ1n) is 8.61.